The molecule has 1 unspecified atom stereocenters. The van der Waals surface area contributed by atoms with Crippen LogP contribution < -0.4 is 0 Å². The predicted octanol–water partition coefficient (Wildman–Crippen LogP) is 2.04. The van der Waals surface area contributed by atoms with Gasteiger partial charge in [-0.05, 0) is 19.4 Å². The van der Waals surface area contributed by atoms with Crippen LogP contribution >= 0.6 is 0 Å². The van der Waals surface area contributed by atoms with Gasteiger partial charge in [0.1, 0.15) is 0 Å². The number of unbranched alkanes of at least 4 members (excludes halogenated alkanes) is 1. The molecular weight excluding hydrogens is 270 g/mol. The van der Waals surface area contributed by atoms with Gasteiger partial charge in [-0.25, -0.2) is 0 Å². The SMILES string of the molecule is CCCCN1C(=O)c2ccccc2C1(O)CC(=O)OCC. The van der Waals surface area contributed by atoms with Crippen molar-refractivity contribution in [1.29, 1.82) is 0 Å². The topological polar surface area (TPSA) is 66.8 Å². The summed E-state index contributed by atoms with van der Waals surface area (Å²) >= 11 is 0. The lowest BCUT2D eigenvalue weighted by Gasteiger charge is -2.33. The number of nitrogens with zero attached hydrogens (tertiary/aromatic N) is 1. The van der Waals surface area contributed by atoms with Gasteiger partial charge in [0.25, 0.3) is 5.91 Å². The molecule has 5 heteroatoms. The van der Waals surface area contributed by atoms with E-state index in [9.17, 15) is 14.7 Å². The molecule has 0 fully saturated rings. The van der Waals surface area contributed by atoms with Crippen LogP contribution in [0.4, 0.5) is 0 Å². The molecule has 1 amide bonds. The van der Waals surface area contributed by atoms with Crippen LogP contribution in [0.2, 0.25) is 0 Å². The highest BCUT2D eigenvalue weighted by atomic mass is 16.5. The van der Waals surface area contributed by atoms with Gasteiger partial charge in [0, 0.05) is 17.7 Å². The zero-order chi connectivity index (χ0) is 15.5. The van der Waals surface area contributed by atoms with Crippen LogP contribution in [0.5, 0.6) is 0 Å². The molecule has 1 aliphatic rings. The van der Waals surface area contributed by atoms with Crippen molar-refractivity contribution >= 4 is 11.9 Å². The number of carbonyl (C=O) groups is 2. The Kier molecular flexibility index (Phi) is 4.63. The highest BCUT2D eigenvalue weighted by molar-refractivity contribution is 6.00. The third kappa shape index (κ3) is 2.78. The maximum Gasteiger partial charge on any atom is 0.311 e. The quantitative estimate of drug-likeness (QED) is 0.814. The van der Waals surface area contributed by atoms with Gasteiger partial charge in [0.05, 0.1) is 13.0 Å². The fourth-order valence-electron chi connectivity index (χ4n) is 2.68. The smallest absolute Gasteiger partial charge is 0.311 e. The maximum absolute atomic E-state index is 12.5. The molecule has 1 heterocycles. The minimum Gasteiger partial charge on any atom is -0.466 e. The molecule has 0 spiro atoms. The standard InChI is InChI=1S/C16H21NO4/c1-3-5-10-17-15(19)12-8-6-7-9-13(12)16(17,20)11-14(18)21-4-2/h6-9,20H,3-5,10-11H2,1-2H3. The van der Waals surface area contributed by atoms with Crippen LogP contribution in [0.3, 0.4) is 0 Å². The van der Waals surface area contributed by atoms with Gasteiger partial charge in [-0.1, -0.05) is 31.5 Å². The maximum atomic E-state index is 12.5. The van der Waals surface area contributed by atoms with Crippen LogP contribution in [-0.4, -0.2) is 35.0 Å². The number of hydrogen-bond acceptors (Lipinski definition) is 4. The van der Waals surface area contributed by atoms with Crippen molar-refractivity contribution < 1.29 is 19.4 Å². The van der Waals surface area contributed by atoms with Crippen molar-refractivity contribution in [2.75, 3.05) is 13.2 Å². The van der Waals surface area contributed by atoms with E-state index in [1.807, 2.05) is 6.92 Å². The fourth-order valence-corrected chi connectivity index (χ4v) is 2.68. The van der Waals surface area contributed by atoms with E-state index < -0.39 is 11.7 Å². The number of hydrogen-bond donors (Lipinski definition) is 1. The highest BCUT2D eigenvalue weighted by Crippen LogP contribution is 2.39. The lowest BCUT2D eigenvalue weighted by Crippen LogP contribution is -2.46. The molecule has 0 saturated carbocycles. The molecule has 1 aromatic carbocycles. The van der Waals surface area contributed by atoms with E-state index in [0.29, 0.717) is 17.7 Å². The molecule has 2 rings (SSSR count). The van der Waals surface area contributed by atoms with Crippen molar-refractivity contribution in [2.45, 2.75) is 38.8 Å². The monoisotopic (exact) mass is 291 g/mol. The van der Waals surface area contributed by atoms with Crippen molar-refractivity contribution in [3.05, 3.63) is 35.4 Å². The Morgan fingerprint density at radius 2 is 2.05 bits per heavy atom. The van der Waals surface area contributed by atoms with Gasteiger partial charge in [-0.3, -0.25) is 9.59 Å². The Labute approximate surface area is 124 Å². The first-order chi connectivity index (χ1) is 10.0. The van der Waals surface area contributed by atoms with E-state index in [1.54, 1.807) is 31.2 Å². The number of aliphatic hydroxyl groups is 1. The van der Waals surface area contributed by atoms with Gasteiger partial charge >= 0.3 is 5.97 Å². The van der Waals surface area contributed by atoms with E-state index in [4.69, 9.17) is 4.74 Å². The van der Waals surface area contributed by atoms with Crippen LogP contribution in [-0.2, 0) is 15.3 Å². The van der Waals surface area contributed by atoms with Crippen LogP contribution in [0.25, 0.3) is 0 Å². The minimum atomic E-state index is -1.60. The molecule has 1 atom stereocenters. The summed E-state index contributed by atoms with van der Waals surface area (Å²) < 4.78 is 4.94. The van der Waals surface area contributed by atoms with Gasteiger partial charge in [-0.2, -0.15) is 0 Å². The Morgan fingerprint density at radius 3 is 2.71 bits per heavy atom. The summed E-state index contributed by atoms with van der Waals surface area (Å²) in [4.78, 5) is 25.7. The first-order valence-electron chi connectivity index (χ1n) is 7.34. The van der Waals surface area contributed by atoms with Gasteiger partial charge in [0.15, 0.2) is 5.72 Å². The van der Waals surface area contributed by atoms with E-state index in [0.717, 1.165) is 12.8 Å². The number of benzene rings is 1. The van der Waals surface area contributed by atoms with Gasteiger partial charge in [0.2, 0.25) is 0 Å². The van der Waals surface area contributed by atoms with Gasteiger partial charge in [-0.15, -0.1) is 0 Å². The van der Waals surface area contributed by atoms with Crippen molar-refractivity contribution in [3.63, 3.8) is 0 Å². The lowest BCUT2D eigenvalue weighted by atomic mass is 9.98. The molecule has 0 saturated heterocycles. The number of esters is 1. The van der Waals surface area contributed by atoms with Crippen LogP contribution in [0, 0.1) is 0 Å². The zero-order valence-electron chi connectivity index (χ0n) is 12.5. The second-order valence-electron chi connectivity index (χ2n) is 5.15. The number of fused-ring (bicyclic) bond motifs is 1. The van der Waals surface area contributed by atoms with Crippen molar-refractivity contribution in [2.24, 2.45) is 0 Å². The molecule has 1 aliphatic heterocycles. The fraction of sp³-hybridized carbons (Fsp3) is 0.500. The van der Waals surface area contributed by atoms with E-state index in [-0.39, 0.29) is 18.9 Å². The molecule has 21 heavy (non-hydrogen) atoms. The van der Waals surface area contributed by atoms with E-state index >= 15 is 0 Å². The molecule has 0 aromatic heterocycles. The molecule has 114 valence electrons. The molecule has 1 N–H and O–H groups in total. The Bertz CT molecular complexity index is 543. The molecule has 0 bridgehead atoms. The summed E-state index contributed by atoms with van der Waals surface area (Å²) in [6.07, 6.45) is 1.42. The third-order valence-corrected chi connectivity index (χ3v) is 3.71. The second kappa shape index (κ2) is 6.26. The molecular formula is C16H21NO4. The average molecular weight is 291 g/mol. The first kappa shape index (κ1) is 15.5. The predicted molar refractivity (Wildman–Crippen MR) is 77.5 cm³/mol. The summed E-state index contributed by atoms with van der Waals surface area (Å²) in [5.41, 5.74) is -0.658. The van der Waals surface area contributed by atoms with Crippen molar-refractivity contribution in [1.82, 2.24) is 4.90 Å². The molecule has 0 radical (unpaired) electrons. The summed E-state index contributed by atoms with van der Waals surface area (Å²) in [6, 6.07) is 6.88. The molecule has 1 aromatic rings. The Balaban J connectivity index is 2.36. The lowest BCUT2D eigenvalue weighted by molar-refractivity contribution is -0.158. The molecule has 0 aliphatic carbocycles. The van der Waals surface area contributed by atoms with E-state index in [1.165, 1.54) is 4.90 Å². The largest absolute Gasteiger partial charge is 0.466 e. The average Bonchev–Trinajstić information content (AvgIpc) is 2.66. The Hall–Kier alpha value is -1.88. The summed E-state index contributed by atoms with van der Waals surface area (Å²) in [7, 11) is 0. The van der Waals surface area contributed by atoms with Gasteiger partial charge < -0.3 is 14.7 Å². The van der Waals surface area contributed by atoms with E-state index in [2.05, 4.69) is 0 Å². The number of carbonyl (C=O) groups excluding carboxylic acids is 2. The summed E-state index contributed by atoms with van der Waals surface area (Å²) in [5.74, 6) is -0.739. The highest BCUT2D eigenvalue weighted by Gasteiger charge is 2.49. The van der Waals surface area contributed by atoms with Crippen molar-refractivity contribution in [3.8, 4) is 0 Å². The van der Waals surface area contributed by atoms with Crippen LogP contribution in [0.15, 0.2) is 24.3 Å². The third-order valence-electron chi connectivity index (χ3n) is 3.71. The number of rotatable bonds is 6. The minimum absolute atomic E-state index is 0.231. The number of ether oxygens (including phenoxy) is 1. The summed E-state index contributed by atoms with van der Waals surface area (Å²) in [5, 5.41) is 11.0. The summed E-state index contributed by atoms with van der Waals surface area (Å²) in [6.45, 7) is 4.39. The molecule has 5 nitrogen and oxygen atoms in total. The zero-order valence-corrected chi connectivity index (χ0v) is 12.5. The first-order valence-corrected chi connectivity index (χ1v) is 7.34. The normalized spacial score (nSPS) is 20.5. The second-order valence-corrected chi connectivity index (χ2v) is 5.15. The van der Waals surface area contributed by atoms with Crippen LogP contribution in [0.1, 0.15) is 49.0 Å². The number of amides is 1. The Morgan fingerprint density at radius 1 is 1.33 bits per heavy atom.